The Kier molecular flexibility index (Phi) is 8.57. The molecule has 1 aromatic rings. The van der Waals surface area contributed by atoms with Crippen LogP contribution in [-0.4, -0.2) is 36.3 Å². The van der Waals surface area contributed by atoms with E-state index in [4.69, 9.17) is 4.74 Å². The molecule has 6 heteroatoms. The molecule has 0 radical (unpaired) electrons. The number of carboxylic acid groups (broad SMARTS) is 1. The van der Waals surface area contributed by atoms with E-state index in [1.165, 1.54) is 6.08 Å². The van der Waals surface area contributed by atoms with E-state index < -0.39 is 17.6 Å². The van der Waals surface area contributed by atoms with Crippen LogP contribution < -0.4 is 10.6 Å². The molecule has 0 aliphatic rings. The second-order valence-corrected chi connectivity index (χ2v) is 5.63. The van der Waals surface area contributed by atoms with Crippen molar-refractivity contribution in [3.63, 3.8) is 0 Å². The van der Waals surface area contributed by atoms with Crippen molar-refractivity contribution in [2.45, 2.75) is 37.8 Å². The average molecular weight is 334 g/mol. The van der Waals surface area contributed by atoms with Crippen LogP contribution in [0, 0.1) is 0 Å². The molecule has 0 unspecified atom stereocenters. The van der Waals surface area contributed by atoms with Crippen molar-refractivity contribution in [2.24, 2.45) is 0 Å². The van der Waals surface area contributed by atoms with E-state index >= 15 is 0 Å². The summed E-state index contributed by atoms with van der Waals surface area (Å²) in [5.74, 6) is -1.08. The predicted octanol–water partition coefficient (Wildman–Crippen LogP) is 2.70. The summed E-state index contributed by atoms with van der Waals surface area (Å²) >= 11 is 0. The normalized spacial score (nSPS) is 12.9. The number of alkyl carbamates (subject to hydrolysis) is 1. The number of benzene rings is 1. The lowest BCUT2D eigenvalue weighted by molar-refractivity contribution is -0.145. The first-order chi connectivity index (χ1) is 11.5. The minimum atomic E-state index is -1.39. The number of hydrogen-bond donors (Lipinski definition) is 3. The molecule has 0 bridgehead atoms. The van der Waals surface area contributed by atoms with E-state index in [0.717, 1.165) is 18.5 Å². The zero-order valence-electron chi connectivity index (χ0n) is 14.1. The minimum Gasteiger partial charge on any atom is -0.479 e. The van der Waals surface area contributed by atoms with Crippen LogP contribution in [0.4, 0.5) is 4.79 Å². The Hall–Kier alpha value is -2.34. The zero-order chi connectivity index (χ0) is 17.8. The largest absolute Gasteiger partial charge is 0.479 e. The van der Waals surface area contributed by atoms with Gasteiger partial charge in [0.05, 0.1) is 0 Å². The quantitative estimate of drug-likeness (QED) is 0.428. The SMILES string of the molecule is C=CC[C@](CCCCNC)(NC(=O)OCc1ccccc1)C(=O)O. The van der Waals surface area contributed by atoms with Gasteiger partial charge in [-0.1, -0.05) is 36.4 Å². The van der Waals surface area contributed by atoms with Gasteiger partial charge in [-0.2, -0.15) is 0 Å². The number of unbranched alkanes of at least 4 members (excludes halogenated alkanes) is 1. The molecule has 0 spiro atoms. The lowest BCUT2D eigenvalue weighted by atomic mass is 9.89. The Balaban J connectivity index is 2.66. The molecule has 0 fully saturated rings. The van der Waals surface area contributed by atoms with Gasteiger partial charge >= 0.3 is 12.1 Å². The summed E-state index contributed by atoms with van der Waals surface area (Å²) < 4.78 is 5.15. The number of rotatable bonds is 11. The summed E-state index contributed by atoms with van der Waals surface area (Å²) in [5, 5.41) is 15.2. The fourth-order valence-electron chi connectivity index (χ4n) is 2.39. The topological polar surface area (TPSA) is 87.7 Å². The summed E-state index contributed by atoms with van der Waals surface area (Å²) in [4.78, 5) is 23.8. The number of carboxylic acids is 1. The average Bonchev–Trinajstić information content (AvgIpc) is 2.57. The Morgan fingerprint density at radius 1 is 1.29 bits per heavy atom. The maximum absolute atomic E-state index is 12.1. The predicted molar refractivity (Wildman–Crippen MR) is 92.7 cm³/mol. The van der Waals surface area contributed by atoms with Gasteiger partial charge in [0.1, 0.15) is 12.1 Å². The van der Waals surface area contributed by atoms with E-state index in [9.17, 15) is 14.7 Å². The molecule has 0 aromatic heterocycles. The molecule has 1 atom stereocenters. The highest BCUT2D eigenvalue weighted by Gasteiger charge is 2.38. The summed E-state index contributed by atoms with van der Waals surface area (Å²) in [7, 11) is 1.84. The van der Waals surface area contributed by atoms with Gasteiger partial charge in [-0.3, -0.25) is 0 Å². The molecule has 0 aliphatic carbocycles. The lowest BCUT2D eigenvalue weighted by Crippen LogP contribution is -2.54. The molecule has 0 saturated heterocycles. The van der Waals surface area contributed by atoms with Crippen LogP contribution in [0.1, 0.15) is 31.2 Å². The molecule has 3 N–H and O–H groups in total. The summed E-state index contributed by atoms with van der Waals surface area (Å²) in [5.41, 5.74) is -0.546. The Morgan fingerprint density at radius 3 is 2.58 bits per heavy atom. The third-order valence-corrected chi connectivity index (χ3v) is 3.74. The van der Waals surface area contributed by atoms with Crippen LogP contribution in [0.5, 0.6) is 0 Å². The smallest absolute Gasteiger partial charge is 0.408 e. The summed E-state index contributed by atoms with van der Waals surface area (Å²) in [6.07, 6.45) is 2.71. The standard InChI is InChI=1S/C18H26N2O4/c1-3-11-18(16(21)22,12-7-8-13-19-2)20-17(23)24-14-15-9-5-4-6-10-15/h3-6,9-10,19H,1,7-8,11-14H2,2H3,(H,20,23)(H,21,22)/t18-/m1/s1. The summed E-state index contributed by atoms with van der Waals surface area (Å²) in [6.45, 7) is 4.49. The molecule has 132 valence electrons. The number of carbonyl (C=O) groups excluding carboxylic acids is 1. The highest BCUT2D eigenvalue weighted by atomic mass is 16.5. The van der Waals surface area contributed by atoms with E-state index in [2.05, 4.69) is 17.2 Å². The van der Waals surface area contributed by atoms with Crippen LogP contribution in [0.15, 0.2) is 43.0 Å². The number of ether oxygens (including phenoxy) is 1. The van der Waals surface area contributed by atoms with Crippen molar-refractivity contribution in [2.75, 3.05) is 13.6 Å². The third-order valence-electron chi connectivity index (χ3n) is 3.74. The van der Waals surface area contributed by atoms with Crippen molar-refractivity contribution >= 4 is 12.1 Å². The van der Waals surface area contributed by atoms with Crippen molar-refractivity contribution in [1.82, 2.24) is 10.6 Å². The Morgan fingerprint density at radius 2 is 2.00 bits per heavy atom. The van der Waals surface area contributed by atoms with E-state index in [1.54, 1.807) is 0 Å². The molecule has 6 nitrogen and oxygen atoms in total. The number of aliphatic carboxylic acids is 1. The molecule has 1 amide bonds. The fourth-order valence-corrected chi connectivity index (χ4v) is 2.39. The van der Waals surface area contributed by atoms with Gasteiger partial charge in [0.2, 0.25) is 0 Å². The van der Waals surface area contributed by atoms with Crippen LogP contribution in [0.3, 0.4) is 0 Å². The molecule has 0 heterocycles. The van der Waals surface area contributed by atoms with Crippen molar-refractivity contribution in [1.29, 1.82) is 0 Å². The number of amides is 1. The van der Waals surface area contributed by atoms with E-state index in [-0.39, 0.29) is 13.0 Å². The second kappa shape index (κ2) is 10.4. The maximum Gasteiger partial charge on any atom is 0.408 e. The molecule has 24 heavy (non-hydrogen) atoms. The van der Waals surface area contributed by atoms with Crippen molar-refractivity contribution < 1.29 is 19.4 Å². The fraction of sp³-hybridized carbons (Fsp3) is 0.444. The summed E-state index contributed by atoms with van der Waals surface area (Å²) in [6, 6.07) is 9.22. The number of nitrogens with one attached hydrogen (secondary N) is 2. The van der Waals surface area contributed by atoms with Crippen LogP contribution in [0.25, 0.3) is 0 Å². The maximum atomic E-state index is 12.1. The highest BCUT2D eigenvalue weighted by Crippen LogP contribution is 2.20. The molecular formula is C18H26N2O4. The van der Waals surface area contributed by atoms with Gasteiger partial charge in [-0.25, -0.2) is 9.59 Å². The molecule has 0 saturated carbocycles. The van der Waals surface area contributed by atoms with Crippen LogP contribution in [-0.2, 0) is 16.1 Å². The second-order valence-electron chi connectivity index (χ2n) is 5.63. The van der Waals surface area contributed by atoms with E-state index in [1.807, 2.05) is 37.4 Å². The first-order valence-corrected chi connectivity index (χ1v) is 8.02. The van der Waals surface area contributed by atoms with Gasteiger partial charge < -0.3 is 20.5 Å². The Labute approximate surface area is 142 Å². The Bertz CT molecular complexity index is 533. The van der Waals surface area contributed by atoms with Gasteiger partial charge in [-0.05, 0) is 44.8 Å². The minimum absolute atomic E-state index is 0.0935. The molecule has 1 rings (SSSR count). The number of hydrogen-bond acceptors (Lipinski definition) is 4. The van der Waals surface area contributed by atoms with E-state index in [0.29, 0.717) is 12.8 Å². The van der Waals surface area contributed by atoms with Gasteiger partial charge in [0.15, 0.2) is 0 Å². The van der Waals surface area contributed by atoms with Gasteiger partial charge in [0, 0.05) is 0 Å². The first kappa shape index (κ1) is 19.7. The van der Waals surface area contributed by atoms with Crippen LogP contribution >= 0.6 is 0 Å². The molecule has 1 aromatic carbocycles. The van der Waals surface area contributed by atoms with Crippen molar-refractivity contribution in [3.8, 4) is 0 Å². The monoisotopic (exact) mass is 334 g/mol. The van der Waals surface area contributed by atoms with Gasteiger partial charge in [-0.15, -0.1) is 6.58 Å². The zero-order valence-corrected chi connectivity index (χ0v) is 14.1. The van der Waals surface area contributed by atoms with Crippen molar-refractivity contribution in [3.05, 3.63) is 48.6 Å². The molecule has 0 aliphatic heterocycles. The lowest BCUT2D eigenvalue weighted by Gasteiger charge is -2.29. The number of carbonyl (C=O) groups is 2. The first-order valence-electron chi connectivity index (χ1n) is 8.02. The van der Waals surface area contributed by atoms with Crippen LogP contribution in [0.2, 0.25) is 0 Å². The highest BCUT2D eigenvalue weighted by molar-refractivity contribution is 5.84. The van der Waals surface area contributed by atoms with Gasteiger partial charge in [0.25, 0.3) is 0 Å². The molecular weight excluding hydrogens is 308 g/mol. The third kappa shape index (κ3) is 6.42.